The van der Waals surface area contributed by atoms with E-state index in [-0.39, 0.29) is 11.2 Å². The minimum Gasteiger partial charge on any atom is -0.378 e. The highest BCUT2D eigenvalue weighted by molar-refractivity contribution is 8.00. The summed E-state index contributed by atoms with van der Waals surface area (Å²) in [7, 11) is 3.98. The number of carbonyl (C=O) groups excluding carboxylic acids is 1. The number of fused-ring (bicyclic) bond motifs is 1. The average Bonchev–Trinajstić information content (AvgIpc) is 3.20. The number of thiophene rings is 1. The van der Waals surface area contributed by atoms with Crippen molar-refractivity contribution in [2.45, 2.75) is 17.2 Å². The molecule has 152 valence electrons. The highest BCUT2D eigenvalue weighted by Crippen LogP contribution is 2.37. The lowest BCUT2D eigenvalue weighted by Crippen LogP contribution is -2.22. The lowest BCUT2D eigenvalue weighted by molar-refractivity contribution is -0.115. The molecule has 1 N–H and O–H groups in total. The van der Waals surface area contributed by atoms with Gasteiger partial charge in [-0.15, -0.1) is 11.3 Å². The molecular formula is C23H22N4OS2. The van der Waals surface area contributed by atoms with Gasteiger partial charge < -0.3 is 10.2 Å². The first-order valence-corrected chi connectivity index (χ1v) is 11.3. The van der Waals surface area contributed by atoms with E-state index in [2.05, 4.69) is 33.5 Å². The highest BCUT2D eigenvalue weighted by atomic mass is 32.2. The molecule has 0 aliphatic carbocycles. The fraction of sp³-hybridized carbons (Fsp3) is 0.174. The first kappa shape index (κ1) is 20.4. The zero-order valence-corrected chi connectivity index (χ0v) is 18.6. The first-order chi connectivity index (χ1) is 14.5. The van der Waals surface area contributed by atoms with E-state index in [0.717, 1.165) is 37.1 Å². The maximum atomic E-state index is 12.7. The third-order valence-electron chi connectivity index (χ3n) is 4.66. The second-order valence-electron chi connectivity index (χ2n) is 7.06. The molecule has 0 spiro atoms. The van der Waals surface area contributed by atoms with Crippen LogP contribution < -0.4 is 10.2 Å². The van der Waals surface area contributed by atoms with Gasteiger partial charge in [-0.2, -0.15) is 0 Å². The van der Waals surface area contributed by atoms with Crippen molar-refractivity contribution in [3.8, 4) is 10.4 Å². The van der Waals surface area contributed by atoms with Gasteiger partial charge in [-0.05, 0) is 42.8 Å². The molecule has 4 aromatic rings. The monoisotopic (exact) mass is 434 g/mol. The Morgan fingerprint density at radius 3 is 2.50 bits per heavy atom. The van der Waals surface area contributed by atoms with Gasteiger partial charge in [-0.25, -0.2) is 9.97 Å². The molecule has 7 heteroatoms. The maximum Gasteiger partial charge on any atom is 0.237 e. The van der Waals surface area contributed by atoms with Gasteiger partial charge in [-0.1, -0.05) is 42.1 Å². The Balaban J connectivity index is 1.50. The summed E-state index contributed by atoms with van der Waals surface area (Å²) in [5, 5.41) is 4.50. The van der Waals surface area contributed by atoms with Crippen LogP contribution in [0.5, 0.6) is 0 Å². The fourth-order valence-electron chi connectivity index (χ4n) is 2.98. The zero-order chi connectivity index (χ0) is 21.1. The maximum absolute atomic E-state index is 12.7. The van der Waals surface area contributed by atoms with Gasteiger partial charge in [0.15, 0.2) is 0 Å². The third-order valence-corrected chi connectivity index (χ3v) is 6.87. The number of carbonyl (C=O) groups is 1. The summed E-state index contributed by atoms with van der Waals surface area (Å²) in [6.45, 7) is 1.90. The molecule has 1 amide bonds. The van der Waals surface area contributed by atoms with Crippen LogP contribution in [-0.2, 0) is 4.79 Å². The van der Waals surface area contributed by atoms with Crippen molar-refractivity contribution in [1.29, 1.82) is 0 Å². The minimum atomic E-state index is -0.295. The molecule has 4 rings (SSSR count). The third kappa shape index (κ3) is 4.47. The number of nitrogens with one attached hydrogen (secondary N) is 1. The van der Waals surface area contributed by atoms with Crippen LogP contribution in [0.25, 0.3) is 20.7 Å². The number of amides is 1. The quantitative estimate of drug-likeness (QED) is 0.319. The van der Waals surface area contributed by atoms with Gasteiger partial charge in [0, 0.05) is 35.7 Å². The van der Waals surface area contributed by atoms with Gasteiger partial charge in [0.25, 0.3) is 0 Å². The molecule has 2 aromatic heterocycles. The highest BCUT2D eigenvalue weighted by Gasteiger charge is 2.18. The van der Waals surface area contributed by atoms with Crippen molar-refractivity contribution in [1.82, 2.24) is 9.97 Å². The standard InChI is InChI=1S/C23H22N4OS2/c1-15(21(28)26-17-9-11-18(12-10-17)27(2)3)29-22-19-13-20(16-7-5-4-6-8-16)30-23(19)25-14-24-22/h4-15H,1-3H3,(H,26,28). The van der Waals surface area contributed by atoms with Gasteiger partial charge in [0.1, 0.15) is 16.2 Å². The Bertz CT molecular complexity index is 1160. The Kier molecular flexibility index (Phi) is 6.01. The lowest BCUT2D eigenvalue weighted by Gasteiger charge is -2.14. The number of hydrogen-bond acceptors (Lipinski definition) is 6. The second-order valence-corrected chi connectivity index (χ2v) is 9.43. The van der Waals surface area contributed by atoms with Crippen LogP contribution in [0.4, 0.5) is 11.4 Å². The lowest BCUT2D eigenvalue weighted by atomic mass is 10.2. The SMILES string of the molecule is CC(Sc1ncnc2sc(-c3ccccc3)cc12)C(=O)Nc1ccc(N(C)C)cc1. The van der Waals surface area contributed by atoms with E-state index in [9.17, 15) is 4.79 Å². The normalized spacial score (nSPS) is 12.0. The molecule has 0 bridgehead atoms. The van der Waals surface area contributed by atoms with Crippen LogP contribution in [0, 0.1) is 0 Å². The molecule has 0 aliphatic rings. The Hall–Kier alpha value is -2.90. The van der Waals surface area contributed by atoms with Crippen LogP contribution >= 0.6 is 23.1 Å². The van der Waals surface area contributed by atoms with Crippen molar-refractivity contribution in [2.24, 2.45) is 0 Å². The summed E-state index contributed by atoms with van der Waals surface area (Å²) in [6.07, 6.45) is 1.57. The number of aromatic nitrogens is 2. The molecule has 0 saturated heterocycles. The summed E-state index contributed by atoms with van der Waals surface area (Å²) >= 11 is 3.09. The molecule has 2 heterocycles. The molecule has 0 fully saturated rings. The first-order valence-electron chi connectivity index (χ1n) is 9.56. The molecule has 0 radical (unpaired) electrons. The van der Waals surface area contributed by atoms with Crippen LogP contribution in [-0.4, -0.2) is 35.2 Å². The van der Waals surface area contributed by atoms with Gasteiger partial charge in [0.2, 0.25) is 5.91 Å². The van der Waals surface area contributed by atoms with Crippen molar-refractivity contribution in [2.75, 3.05) is 24.3 Å². The minimum absolute atomic E-state index is 0.0529. The van der Waals surface area contributed by atoms with Crippen LogP contribution in [0.3, 0.4) is 0 Å². The fourth-order valence-corrected chi connectivity index (χ4v) is 4.94. The van der Waals surface area contributed by atoms with Crippen molar-refractivity contribution in [3.63, 3.8) is 0 Å². The smallest absolute Gasteiger partial charge is 0.237 e. The van der Waals surface area contributed by atoms with E-state index < -0.39 is 0 Å². The van der Waals surface area contributed by atoms with Gasteiger partial charge in [0.05, 0.1) is 5.25 Å². The molecule has 30 heavy (non-hydrogen) atoms. The van der Waals surface area contributed by atoms with E-state index >= 15 is 0 Å². The number of nitrogens with zero attached hydrogens (tertiary/aromatic N) is 3. The second kappa shape index (κ2) is 8.85. The van der Waals surface area contributed by atoms with Gasteiger partial charge >= 0.3 is 0 Å². The van der Waals surface area contributed by atoms with Crippen molar-refractivity contribution in [3.05, 3.63) is 67.0 Å². The average molecular weight is 435 g/mol. The van der Waals surface area contributed by atoms with Gasteiger partial charge in [-0.3, -0.25) is 4.79 Å². The van der Waals surface area contributed by atoms with E-state index in [0.29, 0.717) is 0 Å². The molecular weight excluding hydrogens is 412 g/mol. The van der Waals surface area contributed by atoms with E-state index in [1.165, 1.54) is 11.8 Å². The summed E-state index contributed by atoms with van der Waals surface area (Å²) in [4.78, 5) is 25.7. The Labute approximate surface area is 184 Å². The largest absolute Gasteiger partial charge is 0.378 e. The number of thioether (sulfide) groups is 1. The van der Waals surface area contributed by atoms with Crippen molar-refractivity contribution >= 4 is 50.6 Å². The van der Waals surface area contributed by atoms with Crippen LogP contribution in [0.2, 0.25) is 0 Å². The molecule has 1 unspecified atom stereocenters. The Morgan fingerprint density at radius 2 is 1.80 bits per heavy atom. The summed E-state index contributed by atoms with van der Waals surface area (Å²) in [5.41, 5.74) is 3.03. The van der Waals surface area contributed by atoms with Crippen LogP contribution in [0.15, 0.2) is 72.0 Å². The molecule has 1 atom stereocenters. The molecule has 2 aromatic carbocycles. The number of anilines is 2. The number of rotatable bonds is 6. The van der Waals surface area contributed by atoms with E-state index in [1.54, 1.807) is 17.7 Å². The summed E-state index contributed by atoms with van der Waals surface area (Å²) in [5.74, 6) is -0.0529. The molecule has 5 nitrogen and oxygen atoms in total. The predicted molar refractivity (Wildman–Crippen MR) is 128 cm³/mol. The number of hydrogen-bond donors (Lipinski definition) is 1. The number of benzene rings is 2. The topological polar surface area (TPSA) is 58.1 Å². The molecule has 0 aliphatic heterocycles. The zero-order valence-electron chi connectivity index (χ0n) is 17.0. The van der Waals surface area contributed by atoms with Crippen LogP contribution in [0.1, 0.15) is 6.92 Å². The van der Waals surface area contributed by atoms with E-state index in [4.69, 9.17) is 0 Å². The molecule has 0 saturated carbocycles. The summed E-state index contributed by atoms with van der Waals surface area (Å²) < 4.78 is 0. The Morgan fingerprint density at radius 1 is 1.07 bits per heavy atom. The van der Waals surface area contributed by atoms with Crippen molar-refractivity contribution < 1.29 is 4.79 Å². The predicted octanol–water partition coefficient (Wildman–Crippen LogP) is 5.54. The summed E-state index contributed by atoms with van der Waals surface area (Å²) in [6, 6.07) is 20.1. The van der Waals surface area contributed by atoms with E-state index in [1.807, 2.05) is 68.4 Å².